The summed E-state index contributed by atoms with van der Waals surface area (Å²) in [5, 5.41) is 3.74. The lowest BCUT2D eigenvalue weighted by atomic mass is 9.96. The number of benzene rings is 1. The summed E-state index contributed by atoms with van der Waals surface area (Å²) < 4.78 is 14.9. The second-order valence-corrected chi connectivity index (χ2v) is 9.61. The maximum atomic E-state index is 14.9. The van der Waals surface area contributed by atoms with Gasteiger partial charge in [0.2, 0.25) is 0 Å². The molecule has 2 atom stereocenters. The lowest BCUT2D eigenvalue weighted by molar-refractivity contribution is 0.296. The van der Waals surface area contributed by atoms with Gasteiger partial charge in [-0.2, -0.15) is 0 Å². The molecule has 1 aromatic rings. The number of allylic oxidation sites excluding steroid dienone is 4. The molecular formula is C29H47FN2. The Morgan fingerprint density at radius 3 is 2.50 bits per heavy atom. The molecule has 0 aliphatic carbocycles. The summed E-state index contributed by atoms with van der Waals surface area (Å²) in [6.07, 6.45) is 14.4. The van der Waals surface area contributed by atoms with Gasteiger partial charge in [0.05, 0.1) is 6.04 Å². The molecule has 0 radical (unpaired) electrons. The lowest BCUT2D eigenvalue weighted by Gasteiger charge is -2.29. The first-order valence-electron chi connectivity index (χ1n) is 12.4. The van der Waals surface area contributed by atoms with Crippen molar-refractivity contribution >= 4 is 0 Å². The van der Waals surface area contributed by atoms with Gasteiger partial charge < -0.3 is 5.32 Å². The number of unbranched alkanes of at least 4 members (excludes halogenated alkanes) is 1. The molecule has 0 saturated carbocycles. The molecule has 3 heteroatoms. The van der Waals surface area contributed by atoms with Crippen LogP contribution in [0.5, 0.6) is 0 Å². The van der Waals surface area contributed by atoms with Gasteiger partial charge in [0, 0.05) is 23.8 Å². The maximum absolute atomic E-state index is 14.9. The van der Waals surface area contributed by atoms with E-state index in [0.29, 0.717) is 12.0 Å². The standard InChI is InChI=1S/C29H47FN2/c1-9-11-13-14-24(6)29(27-17-16-23(5)21-28(27)30)32(8)19-18-25(7)31-26(15-12-10-2)20-22(3)4/h11,13-14,16-18,21-22,26,29,31H,9-10,12,15,19-20H2,1-8H3/b13-11-,24-14+,25-18+. The Morgan fingerprint density at radius 2 is 1.91 bits per heavy atom. The number of aryl methyl sites for hydroxylation is 1. The van der Waals surface area contributed by atoms with E-state index in [4.69, 9.17) is 0 Å². The molecule has 2 unspecified atom stereocenters. The Morgan fingerprint density at radius 1 is 1.19 bits per heavy atom. The van der Waals surface area contributed by atoms with Crippen LogP contribution in [0.25, 0.3) is 0 Å². The second-order valence-electron chi connectivity index (χ2n) is 9.61. The van der Waals surface area contributed by atoms with E-state index in [1.54, 1.807) is 6.07 Å². The molecule has 1 N–H and O–H groups in total. The zero-order chi connectivity index (χ0) is 24.1. The molecule has 0 fully saturated rings. The van der Waals surface area contributed by atoms with Gasteiger partial charge in [0.15, 0.2) is 0 Å². The van der Waals surface area contributed by atoms with Crippen LogP contribution in [-0.2, 0) is 0 Å². The van der Waals surface area contributed by atoms with Gasteiger partial charge in [-0.25, -0.2) is 4.39 Å². The van der Waals surface area contributed by atoms with E-state index < -0.39 is 0 Å². The van der Waals surface area contributed by atoms with Gasteiger partial charge in [-0.1, -0.05) is 82.5 Å². The van der Waals surface area contributed by atoms with Crippen molar-refractivity contribution < 1.29 is 4.39 Å². The van der Waals surface area contributed by atoms with E-state index in [1.807, 2.05) is 19.1 Å². The third kappa shape index (κ3) is 10.2. The normalized spacial score (nSPS) is 15.1. The molecule has 180 valence electrons. The fraction of sp³-hybridized carbons (Fsp3) is 0.586. The van der Waals surface area contributed by atoms with E-state index in [2.05, 4.69) is 83.1 Å². The van der Waals surface area contributed by atoms with Crippen molar-refractivity contribution in [2.75, 3.05) is 13.6 Å². The minimum Gasteiger partial charge on any atom is -0.386 e. The van der Waals surface area contributed by atoms with Crippen LogP contribution in [0.2, 0.25) is 0 Å². The predicted molar refractivity (Wildman–Crippen MR) is 139 cm³/mol. The molecule has 0 aliphatic heterocycles. The van der Waals surface area contributed by atoms with E-state index in [1.165, 1.54) is 31.4 Å². The van der Waals surface area contributed by atoms with Crippen molar-refractivity contribution in [3.63, 3.8) is 0 Å². The lowest BCUT2D eigenvalue weighted by Crippen LogP contribution is -2.31. The molecule has 0 spiro atoms. The first-order valence-corrected chi connectivity index (χ1v) is 12.4. The van der Waals surface area contributed by atoms with Crippen LogP contribution in [0.15, 0.2) is 53.8 Å². The zero-order valence-electron chi connectivity index (χ0n) is 21.8. The highest BCUT2D eigenvalue weighted by molar-refractivity contribution is 5.33. The van der Waals surface area contributed by atoms with Gasteiger partial charge in [0.25, 0.3) is 0 Å². The molecular weight excluding hydrogens is 395 g/mol. The molecule has 1 rings (SSSR count). The van der Waals surface area contributed by atoms with Crippen molar-refractivity contribution in [1.82, 2.24) is 10.2 Å². The third-order valence-electron chi connectivity index (χ3n) is 5.83. The van der Waals surface area contributed by atoms with E-state index >= 15 is 0 Å². The number of halogens is 1. The van der Waals surface area contributed by atoms with Crippen LogP contribution in [0.1, 0.15) is 90.8 Å². The Bertz CT molecular complexity index is 760. The van der Waals surface area contributed by atoms with Crippen LogP contribution >= 0.6 is 0 Å². The molecule has 32 heavy (non-hydrogen) atoms. The molecule has 0 heterocycles. The predicted octanol–water partition coefficient (Wildman–Crippen LogP) is 8.12. The van der Waals surface area contributed by atoms with Crippen LogP contribution in [0.4, 0.5) is 4.39 Å². The van der Waals surface area contributed by atoms with Crippen molar-refractivity contribution in [2.24, 2.45) is 5.92 Å². The zero-order valence-corrected chi connectivity index (χ0v) is 21.8. The van der Waals surface area contributed by atoms with Crippen molar-refractivity contribution in [2.45, 2.75) is 92.7 Å². The minimum absolute atomic E-state index is 0.104. The molecule has 2 nitrogen and oxygen atoms in total. The smallest absolute Gasteiger partial charge is 0.128 e. The largest absolute Gasteiger partial charge is 0.386 e. The van der Waals surface area contributed by atoms with Gasteiger partial charge in [0.1, 0.15) is 5.82 Å². The fourth-order valence-corrected chi connectivity index (χ4v) is 4.17. The number of nitrogens with zero attached hydrogens (tertiary/aromatic N) is 1. The highest BCUT2D eigenvalue weighted by atomic mass is 19.1. The maximum Gasteiger partial charge on any atom is 0.128 e. The van der Waals surface area contributed by atoms with Crippen LogP contribution in [-0.4, -0.2) is 24.5 Å². The molecule has 1 aromatic carbocycles. The highest BCUT2D eigenvalue weighted by Crippen LogP contribution is 2.30. The van der Waals surface area contributed by atoms with E-state index in [0.717, 1.165) is 29.7 Å². The van der Waals surface area contributed by atoms with Gasteiger partial charge in [-0.15, -0.1) is 0 Å². The first kappa shape index (κ1) is 28.2. The van der Waals surface area contributed by atoms with Crippen molar-refractivity contribution in [3.05, 3.63) is 70.7 Å². The monoisotopic (exact) mass is 442 g/mol. The fourth-order valence-electron chi connectivity index (χ4n) is 4.17. The van der Waals surface area contributed by atoms with Gasteiger partial charge in [-0.3, -0.25) is 4.90 Å². The summed E-state index contributed by atoms with van der Waals surface area (Å²) >= 11 is 0. The SMILES string of the molecule is CC/C=C\C=C(/C)C(c1ccc(C)cc1F)N(C)C/C=C(\C)NC(CCCC)CC(C)C. The Labute approximate surface area is 197 Å². The average molecular weight is 443 g/mol. The summed E-state index contributed by atoms with van der Waals surface area (Å²) in [5.74, 6) is 0.544. The highest BCUT2D eigenvalue weighted by Gasteiger charge is 2.21. The van der Waals surface area contributed by atoms with E-state index in [9.17, 15) is 4.39 Å². The number of nitrogens with one attached hydrogen (secondary N) is 1. The van der Waals surface area contributed by atoms with Gasteiger partial charge in [-0.05, 0) is 64.6 Å². The Balaban J connectivity index is 3.04. The topological polar surface area (TPSA) is 15.3 Å². The summed E-state index contributed by atoms with van der Waals surface area (Å²) in [6.45, 7) is 15.9. The molecule has 0 aromatic heterocycles. The number of likely N-dealkylation sites (N-methyl/N-ethyl adjacent to an activating group) is 1. The van der Waals surface area contributed by atoms with Crippen LogP contribution in [0.3, 0.4) is 0 Å². The number of rotatable bonds is 14. The summed E-state index contributed by atoms with van der Waals surface area (Å²) in [6, 6.07) is 5.99. The molecule has 0 bridgehead atoms. The molecule has 0 saturated heterocycles. The molecule has 0 amide bonds. The minimum atomic E-state index is -0.135. The van der Waals surface area contributed by atoms with Crippen LogP contribution < -0.4 is 5.32 Å². The summed E-state index contributed by atoms with van der Waals surface area (Å²) in [5.41, 5.74) is 4.02. The molecule has 0 aliphatic rings. The van der Waals surface area contributed by atoms with Crippen molar-refractivity contribution in [3.8, 4) is 0 Å². The van der Waals surface area contributed by atoms with Crippen molar-refractivity contribution in [1.29, 1.82) is 0 Å². The second kappa shape index (κ2) is 15.1. The summed E-state index contributed by atoms with van der Waals surface area (Å²) in [4.78, 5) is 2.23. The quantitative estimate of drug-likeness (QED) is 0.293. The number of hydrogen-bond donors (Lipinski definition) is 1. The average Bonchev–Trinajstić information content (AvgIpc) is 2.72. The Hall–Kier alpha value is -1.87. The van der Waals surface area contributed by atoms with Gasteiger partial charge >= 0.3 is 0 Å². The Kier molecular flexibility index (Phi) is 13.2. The van der Waals surface area contributed by atoms with Crippen LogP contribution in [0, 0.1) is 18.7 Å². The third-order valence-corrected chi connectivity index (χ3v) is 5.83. The van der Waals surface area contributed by atoms with E-state index in [-0.39, 0.29) is 11.9 Å². The summed E-state index contributed by atoms with van der Waals surface area (Å²) in [7, 11) is 2.08. The number of hydrogen-bond acceptors (Lipinski definition) is 2. The first-order chi connectivity index (χ1) is 15.2.